The van der Waals surface area contributed by atoms with E-state index in [9.17, 15) is 15.1 Å². The molecule has 3 N–H and O–H groups in total. The summed E-state index contributed by atoms with van der Waals surface area (Å²) in [6.07, 6.45) is 10.0. The number of piperidine rings is 1. The highest BCUT2D eigenvalue weighted by molar-refractivity contribution is 7.99. The summed E-state index contributed by atoms with van der Waals surface area (Å²) in [6, 6.07) is 7.46. The van der Waals surface area contributed by atoms with Gasteiger partial charge in [-0.1, -0.05) is 12.8 Å². The van der Waals surface area contributed by atoms with Crippen LogP contribution >= 0.6 is 11.8 Å². The van der Waals surface area contributed by atoms with Gasteiger partial charge in [-0.25, -0.2) is 0 Å². The molecule has 2 heterocycles. The fourth-order valence-electron chi connectivity index (χ4n) is 5.85. The number of aromatic nitrogens is 1. The molecule has 8 heteroatoms. The molecular formula is C27H39N3O4S. The Bertz CT molecular complexity index is 969. The first-order valence-electron chi connectivity index (χ1n) is 13.0. The Kier molecular flexibility index (Phi) is 9.66. The number of ether oxygens (including phenoxy) is 1. The monoisotopic (exact) mass is 501 g/mol. The second-order valence-corrected chi connectivity index (χ2v) is 11.4. The highest BCUT2D eigenvalue weighted by Gasteiger charge is 2.31. The normalized spacial score (nSPS) is 22.5. The SMILES string of the molecule is COc1ccc2nccc(C(CC[C@@H]3CCN(CCSC4CCCC4)C[C@@H]3CC(=O)O)NO)c2c1. The number of hydrogen-bond donors (Lipinski definition) is 3. The molecule has 35 heavy (non-hydrogen) atoms. The maximum absolute atomic E-state index is 11.6. The number of carboxylic acids is 1. The lowest BCUT2D eigenvalue weighted by molar-refractivity contribution is -0.139. The van der Waals surface area contributed by atoms with Gasteiger partial charge in [0.1, 0.15) is 5.75 Å². The van der Waals surface area contributed by atoms with Crippen LogP contribution in [0.15, 0.2) is 30.5 Å². The van der Waals surface area contributed by atoms with Crippen molar-refractivity contribution in [2.75, 3.05) is 32.5 Å². The van der Waals surface area contributed by atoms with Crippen molar-refractivity contribution in [1.29, 1.82) is 0 Å². The van der Waals surface area contributed by atoms with Crippen LogP contribution in [0.25, 0.3) is 10.9 Å². The molecule has 4 rings (SSSR count). The van der Waals surface area contributed by atoms with Crippen molar-refractivity contribution in [3.05, 3.63) is 36.0 Å². The van der Waals surface area contributed by atoms with Crippen LogP contribution < -0.4 is 10.2 Å². The number of aliphatic carboxylic acids is 1. The minimum Gasteiger partial charge on any atom is -0.497 e. The molecule has 1 aromatic carbocycles. The van der Waals surface area contributed by atoms with Gasteiger partial charge in [0.2, 0.25) is 0 Å². The first-order valence-corrected chi connectivity index (χ1v) is 14.0. The van der Waals surface area contributed by atoms with E-state index in [-0.39, 0.29) is 18.4 Å². The Morgan fingerprint density at radius 2 is 2.09 bits per heavy atom. The van der Waals surface area contributed by atoms with Crippen LogP contribution in [-0.2, 0) is 4.79 Å². The number of nitrogens with zero attached hydrogens (tertiary/aromatic N) is 2. The number of thioether (sulfide) groups is 1. The fourth-order valence-corrected chi connectivity index (χ4v) is 7.21. The van der Waals surface area contributed by atoms with Crippen molar-refractivity contribution < 1.29 is 19.8 Å². The smallest absolute Gasteiger partial charge is 0.303 e. The molecule has 0 amide bonds. The Hall–Kier alpha value is -1.87. The first-order chi connectivity index (χ1) is 17.1. The molecule has 1 saturated heterocycles. The van der Waals surface area contributed by atoms with Gasteiger partial charge in [-0.05, 0) is 80.3 Å². The summed E-state index contributed by atoms with van der Waals surface area (Å²) in [4.78, 5) is 18.6. The number of pyridine rings is 1. The molecule has 1 aliphatic heterocycles. The van der Waals surface area contributed by atoms with Crippen molar-refractivity contribution in [2.45, 2.75) is 62.7 Å². The molecule has 0 spiro atoms. The van der Waals surface area contributed by atoms with Crippen molar-refractivity contribution in [1.82, 2.24) is 15.4 Å². The Balaban J connectivity index is 1.37. The van der Waals surface area contributed by atoms with E-state index in [4.69, 9.17) is 4.74 Å². The van der Waals surface area contributed by atoms with Gasteiger partial charge in [-0.3, -0.25) is 9.78 Å². The summed E-state index contributed by atoms with van der Waals surface area (Å²) in [6.45, 7) is 2.93. The molecule has 7 nitrogen and oxygen atoms in total. The Labute approximate surface area is 212 Å². The van der Waals surface area contributed by atoms with Gasteiger partial charge < -0.3 is 20.0 Å². The van der Waals surface area contributed by atoms with Crippen molar-refractivity contribution in [2.24, 2.45) is 11.8 Å². The largest absolute Gasteiger partial charge is 0.497 e. The van der Waals surface area contributed by atoms with Crippen LogP contribution in [0.1, 0.15) is 63.0 Å². The van der Waals surface area contributed by atoms with Crippen molar-refractivity contribution >= 4 is 28.6 Å². The number of methoxy groups -OCH3 is 1. The molecule has 1 saturated carbocycles. The van der Waals surface area contributed by atoms with Crippen LogP contribution in [0, 0.1) is 11.8 Å². The predicted octanol–water partition coefficient (Wildman–Crippen LogP) is 5.13. The lowest BCUT2D eigenvalue weighted by atomic mass is 9.79. The van der Waals surface area contributed by atoms with Gasteiger partial charge >= 0.3 is 5.97 Å². The number of rotatable bonds is 12. The Morgan fingerprint density at radius 3 is 2.83 bits per heavy atom. The first kappa shape index (κ1) is 26.2. The quantitative estimate of drug-likeness (QED) is 0.345. The summed E-state index contributed by atoms with van der Waals surface area (Å²) in [5, 5.41) is 21.4. The van der Waals surface area contributed by atoms with E-state index in [2.05, 4.69) is 27.1 Å². The third-order valence-electron chi connectivity index (χ3n) is 7.82. The molecule has 192 valence electrons. The third kappa shape index (κ3) is 7.09. The fraction of sp³-hybridized carbons (Fsp3) is 0.630. The van der Waals surface area contributed by atoms with Crippen LogP contribution in [-0.4, -0.2) is 63.9 Å². The van der Waals surface area contributed by atoms with Crippen LogP contribution in [0.4, 0.5) is 0 Å². The van der Waals surface area contributed by atoms with Gasteiger partial charge in [-0.15, -0.1) is 0 Å². The molecule has 2 fully saturated rings. The average Bonchev–Trinajstić information content (AvgIpc) is 3.38. The molecule has 0 bridgehead atoms. The van der Waals surface area contributed by atoms with Crippen LogP contribution in [0.5, 0.6) is 5.75 Å². The molecule has 2 aliphatic rings. The number of nitrogens with one attached hydrogen (secondary N) is 1. The van der Waals surface area contributed by atoms with Gasteiger partial charge in [0.15, 0.2) is 0 Å². The molecule has 2 aromatic rings. The molecule has 0 radical (unpaired) electrons. The number of fused-ring (bicyclic) bond motifs is 1. The van der Waals surface area contributed by atoms with E-state index in [1.807, 2.05) is 24.3 Å². The maximum atomic E-state index is 11.6. The lowest BCUT2D eigenvalue weighted by Gasteiger charge is -2.38. The van der Waals surface area contributed by atoms with E-state index < -0.39 is 5.97 Å². The van der Waals surface area contributed by atoms with E-state index >= 15 is 0 Å². The van der Waals surface area contributed by atoms with E-state index in [0.717, 1.165) is 72.1 Å². The van der Waals surface area contributed by atoms with Crippen LogP contribution in [0.2, 0.25) is 0 Å². The lowest BCUT2D eigenvalue weighted by Crippen LogP contribution is -2.42. The number of benzene rings is 1. The van der Waals surface area contributed by atoms with Gasteiger partial charge in [0.25, 0.3) is 0 Å². The second-order valence-electron chi connectivity index (χ2n) is 10.0. The summed E-state index contributed by atoms with van der Waals surface area (Å²) < 4.78 is 5.39. The zero-order valence-corrected chi connectivity index (χ0v) is 21.5. The number of hydroxylamine groups is 1. The number of carbonyl (C=O) groups is 1. The van der Waals surface area contributed by atoms with Crippen molar-refractivity contribution in [3.8, 4) is 5.75 Å². The standard InChI is InChI=1S/C27H39N3O4S/c1-34-21-7-9-25-24(17-21)23(10-12-28-25)26(29-33)8-6-19-11-13-30(18-20(19)16-27(31)32)14-15-35-22-4-2-3-5-22/h7,9-10,12,17,19-20,22,26,29,33H,2-6,8,11,13-16,18H2,1H3,(H,31,32)/t19-,20+,26?/m1/s1. The highest BCUT2D eigenvalue weighted by atomic mass is 32.2. The molecular weight excluding hydrogens is 462 g/mol. The third-order valence-corrected chi connectivity index (χ3v) is 9.18. The molecule has 1 unspecified atom stereocenters. The van der Waals surface area contributed by atoms with Gasteiger partial charge in [-0.2, -0.15) is 17.2 Å². The zero-order chi connectivity index (χ0) is 24.6. The van der Waals surface area contributed by atoms with E-state index in [0.29, 0.717) is 5.92 Å². The Morgan fingerprint density at radius 1 is 1.26 bits per heavy atom. The minimum absolute atomic E-state index is 0.145. The summed E-state index contributed by atoms with van der Waals surface area (Å²) in [7, 11) is 1.64. The predicted molar refractivity (Wildman–Crippen MR) is 140 cm³/mol. The van der Waals surface area contributed by atoms with Gasteiger partial charge in [0.05, 0.1) is 18.7 Å². The molecule has 1 aromatic heterocycles. The minimum atomic E-state index is -0.716. The maximum Gasteiger partial charge on any atom is 0.303 e. The van der Waals surface area contributed by atoms with Crippen LogP contribution in [0.3, 0.4) is 0 Å². The topological polar surface area (TPSA) is 94.9 Å². The highest BCUT2D eigenvalue weighted by Crippen LogP contribution is 2.35. The van der Waals surface area contributed by atoms with E-state index in [1.165, 1.54) is 25.7 Å². The second kappa shape index (κ2) is 12.9. The number of carboxylic acid groups (broad SMARTS) is 1. The van der Waals surface area contributed by atoms with Crippen molar-refractivity contribution in [3.63, 3.8) is 0 Å². The number of likely N-dealkylation sites (tertiary alicyclic amines) is 1. The zero-order valence-electron chi connectivity index (χ0n) is 20.7. The van der Waals surface area contributed by atoms with E-state index in [1.54, 1.807) is 13.3 Å². The van der Waals surface area contributed by atoms with Gasteiger partial charge in [0, 0.05) is 42.1 Å². The average molecular weight is 502 g/mol. The molecule has 1 aliphatic carbocycles. The summed E-state index contributed by atoms with van der Waals surface area (Å²) >= 11 is 2.10. The number of hydrogen-bond acceptors (Lipinski definition) is 7. The summed E-state index contributed by atoms with van der Waals surface area (Å²) in [5.74, 6) is 1.66. The molecule has 3 atom stereocenters. The summed E-state index contributed by atoms with van der Waals surface area (Å²) in [5.41, 5.74) is 4.35.